The summed E-state index contributed by atoms with van der Waals surface area (Å²) in [7, 11) is 0. The van der Waals surface area contributed by atoms with E-state index >= 15 is 0 Å². The number of carbonyl (C=O) groups is 1. The van der Waals surface area contributed by atoms with E-state index in [0.717, 1.165) is 15.7 Å². The number of anilines is 1. The number of carbonyl (C=O) groups excluding carboxylic acids is 1. The lowest BCUT2D eigenvalue weighted by molar-refractivity contribution is 0.102. The maximum absolute atomic E-state index is 13.8. The van der Waals surface area contributed by atoms with Crippen molar-refractivity contribution in [1.82, 2.24) is 9.55 Å². The molecular formula is C19H16FN3O3S. The van der Waals surface area contributed by atoms with Gasteiger partial charge in [-0.15, -0.1) is 11.8 Å². The second-order valence-corrected chi connectivity index (χ2v) is 6.56. The van der Waals surface area contributed by atoms with Gasteiger partial charge in [-0.2, -0.15) is 0 Å². The molecule has 0 unspecified atom stereocenters. The Morgan fingerprint density at radius 3 is 2.70 bits per heavy atom. The standard InChI is InChI=1S/C19H16FN3O3S/c1-27-14-7-4-6-13(9-14)22-17(24)15-10-21-19(26)23(18(15)25)11-12-5-2-3-8-16(12)20/h2-10H,11H2,1H3,(H,21,26)(H,22,24). The third-order valence-corrected chi connectivity index (χ3v) is 4.64. The fraction of sp³-hybridized carbons (Fsp3) is 0.105. The van der Waals surface area contributed by atoms with Gasteiger partial charge >= 0.3 is 5.69 Å². The van der Waals surface area contributed by atoms with Crippen molar-refractivity contribution in [1.29, 1.82) is 0 Å². The lowest BCUT2D eigenvalue weighted by Gasteiger charge is -2.09. The Bertz CT molecular complexity index is 1110. The van der Waals surface area contributed by atoms with Crippen molar-refractivity contribution in [3.05, 3.63) is 92.5 Å². The minimum Gasteiger partial charge on any atom is -0.322 e. The minimum absolute atomic E-state index is 0.176. The molecule has 2 N–H and O–H groups in total. The predicted molar refractivity (Wildman–Crippen MR) is 103 cm³/mol. The van der Waals surface area contributed by atoms with Crippen molar-refractivity contribution in [2.75, 3.05) is 11.6 Å². The molecule has 0 aliphatic carbocycles. The second-order valence-electron chi connectivity index (χ2n) is 5.68. The molecule has 138 valence electrons. The molecule has 0 aliphatic heterocycles. The molecule has 1 amide bonds. The van der Waals surface area contributed by atoms with Gasteiger partial charge in [0.15, 0.2) is 0 Å². The van der Waals surface area contributed by atoms with Crippen LogP contribution in [0, 0.1) is 5.82 Å². The van der Waals surface area contributed by atoms with Crippen LogP contribution in [-0.4, -0.2) is 21.7 Å². The number of H-pyrrole nitrogens is 1. The summed E-state index contributed by atoms with van der Waals surface area (Å²) in [5.41, 5.74) is -1.04. The van der Waals surface area contributed by atoms with Crippen LogP contribution in [0.15, 0.2) is 69.2 Å². The van der Waals surface area contributed by atoms with E-state index in [1.807, 2.05) is 12.3 Å². The van der Waals surface area contributed by atoms with Gasteiger partial charge in [0.2, 0.25) is 0 Å². The highest BCUT2D eigenvalue weighted by atomic mass is 32.2. The molecule has 0 bridgehead atoms. The lowest BCUT2D eigenvalue weighted by atomic mass is 10.2. The van der Waals surface area contributed by atoms with Crippen LogP contribution in [0.4, 0.5) is 10.1 Å². The molecule has 0 saturated heterocycles. The maximum Gasteiger partial charge on any atom is 0.328 e. The molecule has 6 nitrogen and oxygen atoms in total. The van der Waals surface area contributed by atoms with Gasteiger partial charge in [0, 0.05) is 22.3 Å². The van der Waals surface area contributed by atoms with Crippen LogP contribution in [0.2, 0.25) is 0 Å². The van der Waals surface area contributed by atoms with Gasteiger partial charge in [0.1, 0.15) is 11.4 Å². The summed E-state index contributed by atoms with van der Waals surface area (Å²) in [6.07, 6.45) is 2.97. The Morgan fingerprint density at radius 1 is 1.19 bits per heavy atom. The third kappa shape index (κ3) is 4.17. The zero-order valence-electron chi connectivity index (χ0n) is 14.4. The monoisotopic (exact) mass is 385 g/mol. The topological polar surface area (TPSA) is 84.0 Å². The number of nitrogens with zero attached hydrogens (tertiary/aromatic N) is 1. The van der Waals surface area contributed by atoms with Crippen molar-refractivity contribution in [2.24, 2.45) is 0 Å². The van der Waals surface area contributed by atoms with Crippen LogP contribution in [0.5, 0.6) is 0 Å². The number of halogens is 1. The summed E-state index contributed by atoms with van der Waals surface area (Å²) in [5, 5.41) is 2.63. The van der Waals surface area contributed by atoms with Crippen LogP contribution in [0.25, 0.3) is 0 Å². The summed E-state index contributed by atoms with van der Waals surface area (Å²) in [6.45, 7) is -0.274. The molecule has 1 heterocycles. The van der Waals surface area contributed by atoms with E-state index in [0.29, 0.717) is 5.69 Å². The predicted octanol–water partition coefficient (Wildman–Crippen LogP) is 2.70. The quantitative estimate of drug-likeness (QED) is 0.662. The first kappa shape index (κ1) is 18.7. The van der Waals surface area contributed by atoms with E-state index < -0.39 is 23.0 Å². The number of rotatable bonds is 5. The molecule has 0 saturated carbocycles. The largest absolute Gasteiger partial charge is 0.328 e. The molecule has 8 heteroatoms. The Morgan fingerprint density at radius 2 is 1.96 bits per heavy atom. The summed E-state index contributed by atoms with van der Waals surface area (Å²) < 4.78 is 14.6. The van der Waals surface area contributed by atoms with E-state index in [4.69, 9.17) is 0 Å². The van der Waals surface area contributed by atoms with Crippen molar-refractivity contribution >= 4 is 23.4 Å². The molecule has 0 radical (unpaired) electrons. The van der Waals surface area contributed by atoms with Crippen LogP contribution >= 0.6 is 11.8 Å². The molecule has 3 aromatic rings. The van der Waals surface area contributed by atoms with Gasteiger partial charge in [0.05, 0.1) is 6.54 Å². The first-order chi connectivity index (χ1) is 13.0. The SMILES string of the molecule is CSc1cccc(NC(=O)c2c[nH]c(=O)n(Cc3ccccc3F)c2=O)c1. The van der Waals surface area contributed by atoms with E-state index in [1.165, 1.54) is 30.0 Å². The van der Waals surface area contributed by atoms with E-state index in [2.05, 4.69) is 10.3 Å². The Balaban J connectivity index is 1.92. The van der Waals surface area contributed by atoms with Gasteiger partial charge < -0.3 is 10.3 Å². The van der Waals surface area contributed by atoms with Crippen LogP contribution in [-0.2, 0) is 6.54 Å². The summed E-state index contributed by atoms with van der Waals surface area (Å²) in [5.74, 6) is -1.19. The molecule has 3 rings (SSSR count). The Labute approximate surface area is 158 Å². The molecule has 2 aromatic carbocycles. The Hall–Kier alpha value is -3.13. The second kappa shape index (κ2) is 8.05. The summed E-state index contributed by atoms with van der Waals surface area (Å²) in [4.78, 5) is 40.4. The van der Waals surface area contributed by atoms with Gasteiger partial charge in [-0.25, -0.2) is 9.18 Å². The average Bonchev–Trinajstić information content (AvgIpc) is 2.66. The van der Waals surface area contributed by atoms with Crippen LogP contribution < -0.4 is 16.6 Å². The summed E-state index contributed by atoms with van der Waals surface area (Å²) in [6, 6.07) is 13.0. The van der Waals surface area contributed by atoms with Gasteiger partial charge in [-0.05, 0) is 30.5 Å². The van der Waals surface area contributed by atoms with Crippen LogP contribution in [0.1, 0.15) is 15.9 Å². The molecule has 27 heavy (non-hydrogen) atoms. The van der Waals surface area contributed by atoms with Crippen LogP contribution in [0.3, 0.4) is 0 Å². The zero-order chi connectivity index (χ0) is 19.4. The van der Waals surface area contributed by atoms with Crippen molar-refractivity contribution in [3.63, 3.8) is 0 Å². The maximum atomic E-state index is 13.8. The third-order valence-electron chi connectivity index (χ3n) is 3.92. The lowest BCUT2D eigenvalue weighted by Crippen LogP contribution is -2.39. The van der Waals surface area contributed by atoms with Crippen molar-refractivity contribution in [3.8, 4) is 0 Å². The first-order valence-electron chi connectivity index (χ1n) is 8.01. The number of aromatic amines is 1. The number of thioether (sulfide) groups is 1. The average molecular weight is 385 g/mol. The molecule has 0 aliphatic rings. The fourth-order valence-corrected chi connectivity index (χ4v) is 2.97. The minimum atomic E-state index is -0.791. The van der Waals surface area contributed by atoms with Crippen molar-refractivity contribution < 1.29 is 9.18 Å². The molecule has 0 atom stereocenters. The molecule has 1 aromatic heterocycles. The number of hydrogen-bond donors (Lipinski definition) is 2. The highest BCUT2D eigenvalue weighted by molar-refractivity contribution is 7.98. The van der Waals surface area contributed by atoms with Gasteiger partial charge in [-0.1, -0.05) is 24.3 Å². The number of amides is 1. The van der Waals surface area contributed by atoms with E-state index in [-0.39, 0.29) is 17.7 Å². The smallest absolute Gasteiger partial charge is 0.322 e. The Kier molecular flexibility index (Phi) is 5.56. The number of hydrogen-bond acceptors (Lipinski definition) is 4. The highest BCUT2D eigenvalue weighted by Crippen LogP contribution is 2.19. The molecule has 0 fully saturated rings. The van der Waals surface area contributed by atoms with E-state index in [9.17, 15) is 18.8 Å². The highest BCUT2D eigenvalue weighted by Gasteiger charge is 2.16. The van der Waals surface area contributed by atoms with Crippen molar-refractivity contribution in [2.45, 2.75) is 11.4 Å². The number of nitrogens with one attached hydrogen (secondary N) is 2. The zero-order valence-corrected chi connectivity index (χ0v) is 15.2. The molecule has 0 spiro atoms. The number of aromatic nitrogens is 2. The first-order valence-corrected chi connectivity index (χ1v) is 9.23. The van der Waals surface area contributed by atoms with E-state index in [1.54, 1.807) is 24.3 Å². The fourth-order valence-electron chi connectivity index (χ4n) is 2.51. The molecular weight excluding hydrogens is 369 g/mol. The summed E-state index contributed by atoms with van der Waals surface area (Å²) >= 11 is 1.52. The normalized spacial score (nSPS) is 10.6. The number of benzene rings is 2. The van der Waals surface area contributed by atoms with Gasteiger partial charge in [-0.3, -0.25) is 14.2 Å². The van der Waals surface area contributed by atoms with Gasteiger partial charge in [0.25, 0.3) is 11.5 Å².